The molecule has 0 saturated carbocycles. The minimum atomic E-state index is -3.17. The summed E-state index contributed by atoms with van der Waals surface area (Å²) in [6, 6.07) is 5.72. The first-order valence-electron chi connectivity index (χ1n) is 9.53. The Morgan fingerprint density at radius 1 is 1.31 bits per heavy atom. The fourth-order valence-electron chi connectivity index (χ4n) is 3.30. The van der Waals surface area contributed by atoms with Crippen molar-refractivity contribution in [3.8, 4) is 0 Å². The molecule has 1 aliphatic heterocycles. The number of hydrogen-bond acceptors (Lipinski definition) is 6. The molecule has 0 radical (unpaired) electrons. The van der Waals surface area contributed by atoms with Crippen molar-refractivity contribution in [3.63, 3.8) is 0 Å². The van der Waals surface area contributed by atoms with Crippen molar-refractivity contribution in [1.82, 2.24) is 14.1 Å². The Morgan fingerprint density at radius 3 is 2.48 bits per heavy atom. The smallest absolute Gasteiger partial charge is 0.254 e. The van der Waals surface area contributed by atoms with E-state index in [-0.39, 0.29) is 11.8 Å². The summed E-state index contributed by atoms with van der Waals surface area (Å²) in [5.41, 5.74) is 0.244. The molecule has 2 aromatic heterocycles. The Hall–Kier alpha value is -1.42. The first-order chi connectivity index (χ1) is 13.4. The Kier molecular flexibility index (Phi) is 6.43. The molecule has 29 heavy (non-hydrogen) atoms. The van der Waals surface area contributed by atoms with Gasteiger partial charge in [-0.25, -0.2) is 12.7 Å². The standard InChI is InChI=1S/C19H27ClN4O3S2/c1-19(2,3)18(25)24-17(21-12-14-5-6-16(20)28-14)11-15(22-24)13-7-9-23(10-8-13)29(4,26)27/h5-6,11,13,21H,7-10,12H2,1-4H3. The number of aromatic nitrogens is 2. The van der Waals surface area contributed by atoms with Gasteiger partial charge in [0.05, 0.1) is 22.8 Å². The molecule has 0 unspecified atom stereocenters. The monoisotopic (exact) mass is 458 g/mol. The van der Waals surface area contributed by atoms with E-state index in [1.54, 1.807) is 0 Å². The van der Waals surface area contributed by atoms with Crippen LogP contribution in [0.15, 0.2) is 18.2 Å². The molecule has 2 aromatic rings. The summed E-state index contributed by atoms with van der Waals surface area (Å²) in [7, 11) is -3.17. The van der Waals surface area contributed by atoms with Gasteiger partial charge in [0.15, 0.2) is 0 Å². The van der Waals surface area contributed by atoms with Gasteiger partial charge in [-0.3, -0.25) is 4.79 Å². The zero-order chi connectivity index (χ0) is 21.4. The summed E-state index contributed by atoms with van der Waals surface area (Å²) in [6.07, 6.45) is 2.62. The van der Waals surface area contributed by atoms with Crippen molar-refractivity contribution in [2.24, 2.45) is 5.41 Å². The zero-order valence-electron chi connectivity index (χ0n) is 17.1. The third kappa shape index (κ3) is 5.39. The number of piperidine rings is 1. The summed E-state index contributed by atoms with van der Waals surface area (Å²) >= 11 is 7.50. The lowest BCUT2D eigenvalue weighted by atomic mass is 9.95. The lowest BCUT2D eigenvalue weighted by Crippen LogP contribution is -2.37. The summed E-state index contributed by atoms with van der Waals surface area (Å²) in [4.78, 5) is 14.0. The number of carbonyl (C=O) groups is 1. The van der Waals surface area contributed by atoms with Crippen LogP contribution in [-0.2, 0) is 16.6 Å². The Balaban J connectivity index is 1.81. The molecule has 1 aliphatic rings. The molecule has 0 amide bonds. The third-order valence-corrected chi connectivity index (χ3v) is 7.51. The van der Waals surface area contributed by atoms with Crippen LogP contribution in [-0.4, -0.2) is 47.8 Å². The van der Waals surface area contributed by atoms with Gasteiger partial charge in [0, 0.05) is 35.4 Å². The van der Waals surface area contributed by atoms with Crippen molar-refractivity contribution >= 4 is 44.7 Å². The van der Waals surface area contributed by atoms with Crippen LogP contribution in [0.25, 0.3) is 0 Å². The maximum atomic E-state index is 12.9. The van der Waals surface area contributed by atoms with Gasteiger partial charge in [-0.1, -0.05) is 32.4 Å². The van der Waals surface area contributed by atoms with Crippen molar-refractivity contribution in [3.05, 3.63) is 33.1 Å². The number of nitrogens with one attached hydrogen (secondary N) is 1. The van der Waals surface area contributed by atoms with E-state index in [4.69, 9.17) is 11.6 Å². The van der Waals surface area contributed by atoms with Gasteiger partial charge in [-0.2, -0.15) is 9.78 Å². The Bertz CT molecular complexity index is 984. The normalized spacial score (nSPS) is 16.9. The molecular formula is C19H27ClN4O3S2. The van der Waals surface area contributed by atoms with Gasteiger partial charge in [0.25, 0.3) is 5.91 Å². The summed E-state index contributed by atoms with van der Waals surface area (Å²) in [5.74, 6) is 0.678. The molecule has 7 nitrogen and oxygen atoms in total. The molecular weight excluding hydrogens is 432 g/mol. The average molecular weight is 459 g/mol. The van der Waals surface area contributed by atoms with Crippen LogP contribution >= 0.6 is 22.9 Å². The summed E-state index contributed by atoms with van der Waals surface area (Å²) in [6.45, 7) is 7.09. The molecule has 1 fully saturated rings. The van der Waals surface area contributed by atoms with Crippen molar-refractivity contribution in [1.29, 1.82) is 0 Å². The maximum absolute atomic E-state index is 12.9. The highest BCUT2D eigenvalue weighted by Gasteiger charge is 2.31. The zero-order valence-corrected chi connectivity index (χ0v) is 19.5. The van der Waals surface area contributed by atoms with Crippen LogP contribution in [0.2, 0.25) is 4.34 Å². The van der Waals surface area contributed by atoms with Crippen LogP contribution in [0.3, 0.4) is 0 Å². The molecule has 3 heterocycles. The van der Waals surface area contributed by atoms with E-state index in [2.05, 4.69) is 10.4 Å². The van der Waals surface area contributed by atoms with Gasteiger partial charge < -0.3 is 5.32 Å². The van der Waals surface area contributed by atoms with Gasteiger partial charge in [0.2, 0.25) is 10.0 Å². The largest absolute Gasteiger partial charge is 0.365 e. The van der Waals surface area contributed by atoms with Gasteiger partial charge in [0.1, 0.15) is 5.82 Å². The SMILES string of the molecule is CC(C)(C)C(=O)n1nc(C2CCN(S(C)(=O)=O)CC2)cc1NCc1ccc(Cl)s1. The van der Waals surface area contributed by atoms with Crippen molar-refractivity contribution < 1.29 is 13.2 Å². The molecule has 3 rings (SSSR count). The second kappa shape index (κ2) is 8.37. The maximum Gasteiger partial charge on any atom is 0.254 e. The quantitative estimate of drug-likeness (QED) is 0.731. The number of halogens is 1. The number of rotatable bonds is 5. The predicted molar refractivity (Wildman–Crippen MR) is 117 cm³/mol. The summed E-state index contributed by atoms with van der Waals surface area (Å²) in [5, 5.41) is 7.93. The number of thiophene rings is 1. The minimum absolute atomic E-state index is 0.0935. The van der Waals surface area contributed by atoms with E-state index in [0.717, 1.165) is 14.9 Å². The lowest BCUT2D eigenvalue weighted by molar-refractivity contribution is 0.0751. The molecule has 0 aromatic carbocycles. The van der Waals surface area contributed by atoms with Gasteiger partial charge in [-0.15, -0.1) is 11.3 Å². The van der Waals surface area contributed by atoms with E-state index in [1.165, 1.54) is 26.6 Å². The molecule has 0 spiro atoms. The molecule has 10 heteroatoms. The predicted octanol–water partition coefficient (Wildman–Crippen LogP) is 4.04. The number of hydrogen-bond donors (Lipinski definition) is 1. The second-order valence-corrected chi connectivity index (χ2v) is 12.2. The summed E-state index contributed by atoms with van der Waals surface area (Å²) < 4.78 is 27.2. The van der Waals surface area contributed by atoms with Crippen molar-refractivity contribution in [2.45, 2.75) is 46.1 Å². The Labute approximate surface area is 181 Å². The van der Waals surface area contributed by atoms with Gasteiger partial charge >= 0.3 is 0 Å². The minimum Gasteiger partial charge on any atom is -0.365 e. The van der Waals surface area contributed by atoms with Crippen LogP contribution in [0.5, 0.6) is 0 Å². The number of anilines is 1. The van der Waals surface area contributed by atoms with E-state index >= 15 is 0 Å². The topological polar surface area (TPSA) is 84.3 Å². The molecule has 0 bridgehead atoms. The van der Waals surface area contributed by atoms with E-state index in [1.807, 2.05) is 39.0 Å². The van der Waals surface area contributed by atoms with E-state index in [0.29, 0.717) is 38.3 Å². The van der Waals surface area contributed by atoms with Crippen molar-refractivity contribution in [2.75, 3.05) is 24.7 Å². The molecule has 0 atom stereocenters. The lowest BCUT2D eigenvalue weighted by Gasteiger charge is -2.29. The Morgan fingerprint density at radius 2 is 1.97 bits per heavy atom. The van der Waals surface area contributed by atoms with Crippen LogP contribution in [0.1, 0.15) is 54.9 Å². The second-order valence-electron chi connectivity index (χ2n) is 8.42. The molecule has 1 N–H and O–H groups in total. The van der Waals surface area contributed by atoms with E-state index < -0.39 is 15.4 Å². The highest BCUT2D eigenvalue weighted by Crippen LogP contribution is 2.31. The molecule has 1 saturated heterocycles. The molecule has 160 valence electrons. The van der Waals surface area contributed by atoms with Crippen LogP contribution < -0.4 is 5.32 Å². The number of carbonyl (C=O) groups excluding carboxylic acids is 1. The average Bonchev–Trinajstić information content (AvgIpc) is 3.24. The fourth-order valence-corrected chi connectivity index (χ4v) is 5.21. The number of sulfonamides is 1. The van der Waals surface area contributed by atoms with Gasteiger partial charge in [-0.05, 0) is 25.0 Å². The van der Waals surface area contributed by atoms with Crippen LogP contribution in [0.4, 0.5) is 5.82 Å². The number of nitrogens with zero attached hydrogens (tertiary/aromatic N) is 3. The highest BCUT2D eigenvalue weighted by molar-refractivity contribution is 7.88. The third-order valence-electron chi connectivity index (χ3n) is 4.98. The van der Waals surface area contributed by atoms with E-state index in [9.17, 15) is 13.2 Å². The first-order valence-corrected chi connectivity index (χ1v) is 12.6. The first kappa shape index (κ1) is 22.3. The molecule has 0 aliphatic carbocycles. The highest BCUT2D eigenvalue weighted by atomic mass is 35.5. The van der Waals surface area contributed by atoms with Crippen LogP contribution in [0, 0.1) is 5.41 Å². The fraction of sp³-hybridized carbons (Fsp3) is 0.579.